The highest BCUT2D eigenvalue weighted by Crippen LogP contribution is 2.22. The molecule has 2 rings (SSSR count). The molecule has 0 bridgehead atoms. The Bertz CT molecular complexity index is 696. The van der Waals surface area contributed by atoms with Crippen LogP contribution in [0.2, 0.25) is 0 Å². The Labute approximate surface area is 147 Å². The van der Waals surface area contributed by atoms with Gasteiger partial charge in [-0.05, 0) is 44.0 Å². The van der Waals surface area contributed by atoms with Crippen LogP contribution in [-0.2, 0) is 9.59 Å². The summed E-state index contributed by atoms with van der Waals surface area (Å²) in [4.78, 5) is 25.2. The Morgan fingerprint density at radius 1 is 1.00 bits per heavy atom. The summed E-state index contributed by atoms with van der Waals surface area (Å²) < 4.78 is 0. The van der Waals surface area contributed by atoms with Crippen molar-refractivity contribution >= 4 is 29.3 Å². The quantitative estimate of drug-likeness (QED) is 0.790. The number of amides is 2. The average molecular weight is 342 g/mol. The molecule has 2 aromatic rings. The zero-order valence-electron chi connectivity index (χ0n) is 14.1. The Balaban J connectivity index is 1.84. The highest BCUT2D eigenvalue weighted by Gasteiger charge is 2.15. The summed E-state index contributed by atoms with van der Waals surface area (Å²) in [6.45, 7) is 5.68. The van der Waals surface area contributed by atoms with E-state index in [1.165, 1.54) is 11.8 Å². The van der Waals surface area contributed by atoms with Crippen LogP contribution >= 0.6 is 11.8 Å². The maximum atomic E-state index is 12.1. The molecule has 1 unspecified atom stereocenters. The molecule has 2 amide bonds. The molecule has 0 aliphatic rings. The predicted molar refractivity (Wildman–Crippen MR) is 99.3 cm³/mol. The van der Waals surface area contributed by atoms with E-state index in [1.54, 1.807) is 0 Å². The Morgan fingerprint density at radius 2 is 1.62 bits per heavy atom. The van der Waals surface area contributed by atoms with Gasteiger partial charge < -0.3 is 10.6 Å². The second-order valence-electron chi connectivity index (χ2n) is 5.61. The standard InChI is InChI=1S/C19H22N2O2S/c1-13-8-7-9-14(2)18(13)21-17(22)12-20-19(23)15(3)24-16-10-5-4-6-11-16/h4-11,15H,12H2,1-3H3,(H,20,23)(H,21,22). The van der Waals surface area contributed by atoms with Gasteiger partial charge in [0.05, 0.1) is 11.8 Å². The van der Waals surface area contributed by atoms with E-state index in [4.69, 9.17) is 0 Å². The number of hydrogen-bond acceptors (Lipinski definition) is 3. The zero-order chi connectivity index (χ0) is 17.5. The number of benzene rings is 2. The van der Waals surface area contributed by atoms with Gasteiger partial charge in [0.2, 0.25) is 11.8 Å². The molecule has 0 aromatic heterocycles. The summed E-state index contributed by atoms with van der Waals surface area (Å²) in [6, 6.07) is 15.6. The number of nitrogens with one attached hydrogen (secondary N) is 2. The molecule has 0 aliphatic carbocycles. The van der Waals surface area contributed by atoms with Crippen LogP contribution in [-0.4, -0.2) is 23.6 Å². The number of thioether (sulfide) groups is 1. The predicted octanol–water partition coefficient (Wildman–Crippen LogP) is 3.54. The monoisotopic (exact) mass is 342 g/mol. The molecule has 0 saturated carbocycles. The number of carbonyl (C=O) groups is 2. The molecule has 2 N–H and O–H groups in total. The summed E-state index contributed by atoms with van der Waals surface area (Å²) in [5, 5.41) is 5.29. The first-order valence-electron chi connectivity index (χ1n) is 7.83. The van der Waals surface area contributed by atoms with Crippen LogP contribution in [0, 0.1) is 13.8 Å². The summed E-state index contributed by atoms with van der Waals surface area (Å²) in [6.07, 6.45) is 0. The Hall–Kier alpha value is -2.27. The molecule has 126 valence electrons. The lowest BCUT2D eigenvalue weighted by molar-refractivity contribution is -0.123. The minimum Gasteiger partial charge on any atom is -0.346 e. The van der Waals surface area contributed by atoms with E-state index in [1.807, 2.05) is 69.3 Å². The molecule has 1 atom stereocenters. The van der Waals surface area contributed by atoms with Gasteiger partial charge in [-0.2, -0.15) is 0 Å². The number of aryl methyl sites for hydroxylation is 2. The van der Waals surface area contributed by atoms with Crippen LogP contribution in [0.25, 0.3) is 0 Å². The third-order valence-electron chi connectivity index (χ3n) is 3.59. The van der Waals surface area contributed by atoms with Crippen molar-refractivity contribution < 1.29 is 9.59 Å². The van der Waals surface area contributed by atoms with Crippen molar-refractivity contribution in [1.29, 1.82) is 0 Å². The molecule has 0 spiro atoms. The second-order valence-corrected chi connectivity index (χ2v) is 7.02. The fourth-order valence-corrected chi connectivity index (χ4v) is 3.18. The van der Waals surface area contributed by atoms with Crippen molar-refractivity contribution in [2.45, 2.75) is 30.9 Å². The molecule has 0 heterocycles. The molecular formula is C19H22N2O2S. The van der Waals surface area contributed by atoms with E-state index in [9.17, 15) is 9.59 Å². The fraction of sp³-hybridized carbons (Fsp3) is 0.263. The first kappa shape index (κ1) is 18.1. The third kappa shape index (κ3) is 5.13. The van der Waals surface area contributed by atoms with Crippen LogP contribution in [0.4, 0.5) is 5.69 Å². The molecule has 5 heteroatoms. The smallest absolute Gasteiger partial charge is 0.243 e. The van der Waals surface area contributed by atoms with Gasteiger partial charge in [0.1, 0.15) is 0 Å². The van der Waals surface area contributed by atoms with E-state index < -0.39 is 0 Å². The summed E-state index contributed by atoms with van der Waals surface area (Å²) >= 11 is 1.47. The van der Waals surface area contributed by atoms with E-state index in [-0.39, 0.29) is 23.6 Å². The molecule has 0 radical (unpaired) electrons. The van der Waals surface area contributed by atoms with Gasteiger partial charge in [-0.1, -0.05) is 36.4 Å². The van der Waals surface area contributed by atoms with Gasteiger partial charge >= 0.3 is 0 Å². The van der Waals surface area contributed by atoms with Crippen LogP contribution in [0.3, 0.4) is 0 Å². The third-order valence-corrected chi connectivity index (χ3v) is 4.71. The first-order chi connectivity index (χ1) is 11.5. The molecular weight excluding hydrogens is 320 g/mol. The van der Waals surface area contributed by atoms with Gasteiger partial charge in [0, 0.05) is 10.6 Å². The minimum atomic E-state index is -0.264. The van der Waals surface area contributed by atoms with E-state index in [2.05, 4.69) is 10.6 Å². The Morgan fingerprint density at radius 3 is 2.25 bits per heavy atom. The van der Waals surface area contributed by atoms with Gasteiger partial charge in [0.15, 0.2) is 0 Å². The van der Waals surface area contributed by atoms with Crippen molar-refractivity contribution in [3.8, 4) is 0 Å². The number of rotatable bonds is 6. The number of hydrogen-bond donors (Lipinski definition) is 2. The van der Waals surface area contributed by atoms with Gasteiger partial charge in [0.25, 0.3) is 0 Å². The van der Waals surface area contributed by atoms with Crippen LogP contribution in [0.5, 0.6) is 0 Å². The molecule has 0 fully saturated rings. The minimum absolute atomic E-state index is 0.0354. The largest absolute Gasteiger partial charge is 0.346 e. The van der Waals surface area contributed by atoms with E-state index in [0.717, 1.165) is 21.7 Å². The van der Waals surface area contributed by atoms with Gasteiger partial charge in [-0.25, -0.2) is 0 Å². The second kappa shape index (κ2) is 8.55. The number of anilines is 1. The molecule has 4 nitrogen and oxygen atoms in total. The SMILES string of the molecule is Cc1cccc(C)c1NC(=O)CNC(=O)C(C)Sc1ccccc1. The number of carbonyl (C=O) groups excluding carboxylic acids is 2. The highest BCUT2D eigenvalue weighted by molar-refractivity contribution is 8.00. The lowest BCUT2D eigenvalue weighted by Crippen LogP contribution is -2.37. The lowest BCUT2D eigenvalue weighted by Gasteiger charge is -2.14. The Kier molecular flexibility index (Phi) is 6.44. The van der Waals surface area contributed by atoms with Crippen molar-refractivity contribution in [1.82, 2.24) is 5.32 Å². The van der Waals surface area contributed by atoms with Crippen LogP contribution in [0.15, 0.2) is 53.4 Å². The van der Waals surface area contributed by atoms with Crippen molar-refractivity contribution in [2.75, 3.05) is 11.9 Å². The van der Waals surface area contributed by atoms with E-state index >= 15 is 0 Å². The number of para-hydroxylation sites is 1. The topological polar surface area (TPSA) is 58.2 Å². The van der Waals surface area contributed by atoms with Crippen LogP contribution in [0.1, 0.15) is 18.1 Å². The fourth-order valence-electron chi connectivity index (χ4n) is 2.26. The molecule has 2 aromatic carbocycles. The highest BCUT2D eigenvalue weighted by atomic mass is 32.2. The first-order valence-corrected chi connectivity index (χ1v) is 8.71. The van der Waals surface area contributed by atoms with Crippen molar-refractivity contribution in [2.24, 2.45) is 0 Å². The average Bonchev–Trinajstić information content (AvgIpc) is 2.57. The summed E-state index contributed by atoms with van der Waals surface area (Å²) in [5.41, 5.74) is 2.81. The van der Waals surface area contributed by atoms with Crippen molar-refractivity contribution in [3.05, 3.63) is 59.7 Å². The normalized spacial score (nSPS) is 11.6. The lowest BCUT2D eigenvalue weighted by atomic mass is 10.1. The summed E-state index contributed by atoms with van der Waals surface area (Å²) in [5.74, 6) is -0.377. The van der Waals surface area contributed by atoms with Gasteiger partial charge in [-0.15, -0.1) is 11.8 Å². The maximum Gasteiger partial charge on any atom is 0.243 e. The molecule has 0 saturated heterocycles. The zero-order valence-corrected chi connectivity index (χ0v) is 14.9. The van der Waals surface area contributed by atoms with Crippen LogP contribution < -0.4 is 10.6 Å². The van der Waals surface area contributed by atoms with E-state index in [0.29, 0.717) is 0 Å². The van der Waals surface area contributed by atoms with Crippen molar-refractivity contribution in [3.63, 3.8) is 0 Å². The maximum absolute atomic E-state index is 12.1. The molecule has 24 heavy (non-hydrogen) atoms. The summed E-state index contributed by atoms with van der Waals surface area (Å²) in [7, 11) is 0. The molecule has 0 aliphatic heterocycles. The van der Waals surface area contributed by atoms with Gasteiger partial charge in [-0.3, -0.25) is 9.59 Å².